The lowest BCUT2D eigenvalue weighted by molar-refractivity contribution is -0.117. The van der Waals surface area contributed by atoms with E-state index in [0.29, 0.717) is 0 Å². The number of aryl methyl sites for hydroxylation is 1. The normalized spacial score (nSPS) is 20.0. The highest BCUT2D eigenvalue weighted by molar-refractivity contribution is 6.01. The fourth-order valence-corrected chi connectivity index (χ4v) is 2.56. The van der Waals surface area contributed by atoms with Crippen LogP contribution in [0.4, 0.5) is 5.69 Å². The molecule has 0 bridgehead atoms. The molecule has 2 N–H and O–H groups in total. The summed E-state index contributed by atoms with van der Waals surface area (Å²) in [6, 6.07) is 9.85. The van der Waals surface area contributed by atoms with Gasteiger partial charge in [0.1, 0.15) is 0 Å². The van der Waals surface area contributed by atoms with Gasteiger partial charge in [0.2, 0.25) is 5.91 Å². The second-order valence-corrected chi connectivity index (χ2v) is 5.18. The number of carboxylic acid groups (broad SMARTS) is 1. The summed E-state index contributed by atoms with van der Waals surface area (Å²) in [7, 11) is 1.53. The molecule has 1 aromatic carbocycles. The number of carbonyl (C=O) groups is 2. The molecule has 6 nitrogen and oxygen atoms in total. The van der Waals surface area contributed by atoms with Gasteiger partial charge in [-0.15, -0.1) is 0 Å². The minimum absolute atomic E-state index is 0.0136. The van der Waals surface area contributed by atoms with Crippen molar-refractivity contribution in [3.8, 4) is 0 Å². The first-order chi connectivity index (χ1) is 10.1. The smallest absolute Gasteiger partial charge is 0.356 e. The number of carboxylic acids is 1. The lowest BCUT2D eigenvalue weighted by Crippen LogP contribution is -2.17. The molecule has 108 valence electrons. The van der Waals surface area contributed by atoms with E-state index in [1.54, 1.807) is 0 Å². The third-order valence-corrected chi connectivity index (χ3v) is 3.75. The van der Waals surface area contributed by atoms with Crippen LogP contribution in [0.1, 0.15) is 28.4 Å². The summed E-state index contributed by atoms with van der Waals surface area (Å²) in [6.07, 6.45) is 2.15. The summed E-state index contributed by atoms with van der Waals surface area (Å²) < 4.78 is 1.24. The van der Waals surface area contributed by atoms with Crippen molar-refractivity contribution in [1.82, 2.24) is 9.78 Å². The van der Waals surface area contributed by atoms with Gasteiger partial charge in [-0.2, -0.15) is 5.10 Å². The number of amides is 1. The molecule has 6 heteroatoms. The molecular weight excluding hydrogens is 270 g/mol. The molecule has 2 atom stereocenters. The Hall–Kier alpha value is -2.63. The summed E-state index contributed by atoms with van der Waals surface area (Å²) in [6.45, 7) is 0. The highest BCUT2D eigenvalue weighted by atomic mass is 16.4. The van der Waals surface area contributed by atoms with Gasteiger partial charge < -0.3 is 10.4 Å². The van der Waals surface area contributed by atoms with E-state index < -0.39 is 5.97 Å². The molecule has 1 saturated carbocycles. The Bertz CT molecular complexity index is 693. The van der Waals surface area contributed by atoms with Crippen molar-refractivity contribution >= 4 is 17.6 Å². The summed E-state index contributed by atoms with van der Waals surface area (Å²) in [5.74, 6) is -1.15. The summed E-state index contributed by atoms with van der Waals surface area (Å²) >= 11 is 0. The molecule has 2 unspecified atom stereocenters. The van der Waals surface area contributed by atoms with E-state index in [0.717, 1.165) is 12.0 Å². The molecule has 0 spiro atoms. The Balaban J connectivity index is 1.70. The molecule has 21 heavy (non-hydrogen) atoms. The maximum atomic E-state index is 12.2. The highest BCUT2D eigenvalue weighted by Gasteiger charge is 2.44. The molecule has 1 fully saturated rings. The van der Waals surface area contributed by atoms with E-state index in [1.807, 2.05) is 30.3 Å². The van der Waals surface area contributed by atoms with Crippen LogP contribution in [0.15, 0.2) is 36.5 Å². The monoisotopic (exact) mass is 285 g/mol. The number of nitrogens with one attached hydrogen (secondary N) is 1. The van der Waals surface area contributed by atoms with Gasteiger partial charge in [0, 0.05) is 13.0 Å². The number of aromatic nitrogens is 2. The van der Waals surface area contributed by atoms with Crippen LogP contribution in [0.2, 0.25) is 0 Å². The number of rotatable bonds is 4. The zero-order valence-corrected chi connectivity index (χ0v) is 11.5. The molecule has 1 aromatic heterocycles. The molecule has 0 radical (unpaired) electrons. The van der Waals surface area contributed by atoms with Crippen LogP contribution < -0.4 is 5.32 Å². The van der Waals surface area contributed by atoms with Crippen LogP contribution in [-0.4, -0.2) is 26.8 Å². The van der Waals surface area contributed by atoms with Gasteiger partial charge in [-0.3, -0.25) is 9.48 Å². The fourth-order valence-electron chi connectivity index (χ4n) is 2.56. The van der Waals surface area contributed by atoms with Crippen molar-refractivity contribution in [3.05, 3.63) is 47.8 Å². The van der Waals surface area contributed by atoms with E-state index in [9.17, 15) is 9.59 Å². The van der Waals surface area contributed by atoms with Gasteiger partial charge in [-0.1, -0.05) is 30.3 Å². The third-order valence-electron chi connectivity index (χ3n) is 3.75. The van der Waals surface area contributed by atoms with Crippen molar-refractivity contribution in [2.45, 2.75) is 12.3 Å². The quantitative estimate of drug-likeness (QED) is 0.898. The Labute approximate surface area is 121 Å². The molecule has 1 aliphatic carbocycles. The van der Waals surface area contributed by atoms with E-state index in [2.05, 4.69) is 10.4 Å². The van der Waals surface area contributed by atoms with E-state index >= 15 is 0 Å². The number of hydrogen-bond donors (Lipinski definition) is 2. The van der Waals surface area contributed by atoms with Crippen molar-refractivity contribution in [2.75, 3.05) is 5.32 Å². The second kappa shape index (κ2) is 5.05. The first-order valence-corrected chi connectivity index (χ1v) is 6.69. The highest BCUT2D eigenvalue weighted by Crippen LogP contribution is 2.47. The number of anilines is 1. The van der Waals surface area contributed by atoms with Crippen LogP contribution in [0, 0.1) is 5.92 Å². The van der Waals surface area contributed by atoms with E-state index in [4.69, 9.17) is 5.11 Å². The Kier molecular flexibility index (Phi) is 3.21. The number of hydrogen-bond acceptors (Lipinski definition) is 3. The molecule has 0 saturated heterocycles. The predicted molar refractivity (Wildman–Crippen MR) is 76.1 cm³/mol. The number of carbonyl (C=O) groups excluding carboxylic acids is 1. The van der Waals surface area contributed by atoms with Crippen LogP contribution >= 0.6 is 0 Å². The average molecular weight is 285 g/mol. The molecular formula is C15H15N3O3. The van der Waals surface area contributed by atoms with Gasteiger partial charge in [0.15, 0.2) is 5.69 Å². The first kappa shape index (κ1) is 13.4. The zero-order chi connectivity index (χ0) is 15.0. The summed E-state index contributed by atoms with van der Waals surface area (Å²) in [4.78, 5) is 23.3. The van der Waals surface area contributed by atoms with E-state index in [1.165, 1.54) is 17.9 Å². The summed E-state index contributed by atoms with van der Waals surface area (Å²) in [5.41, 5.74) is 1.37. The Morgan fingerprint density at radius 1 is 1.33 bits per heavy atom. The predicted octanol–water partition coefficient (Wildman–Crippen LogP) is 1.86. The van der Waals surface area contributed by atoms with Gasteiger partial charge >= 0.3 is 5.97 Å². The van der Waals surface area contributed by atoms with Gasteiger partial charge in [-0.05, 0) is 17.9 Å². The van der Waals surface area contributed by atoms with E-state index in [-0.39, 0.29) is 29.1 Å². The van der Waals surface area contributed by atoms with Gasteiger partial charge in [0.25, 0.3) is 0 Å². The fraction of sp³-hybridized carbons (Fsp3) is 0.267. The topological polar surface area (TPSA) is 84.2 Å². The number of benzene rings is 1. The van der Waals surface area contributed by atoms with Gasteiger partial charge in [-0.25, -0.2) is 4.79 Å². The number of nitrogens with zero attached hydrogens (tertiary/aromatic N) is 2. The van der Waals surface area contributed by atoms with Crippen LogP contribution in [0.25, 0.3) is 0 Å². The first-order valence-electron chi connectivity index (χ1n) is 6.69. The Morgan fingerprint density at radius 3 is 2.71 bits per heavy atom. The van der Waals surface area contributed by atoms with Crippen LogP contribution in [-0.2, 0) is 11.8 Å². The van der Waals surface area contributed by atoms with Crippen molar-refractivity contribution in [2.24, 2.45) is 13.0 Å². The standard InChI is InChI=1S/C15H15N3O3/c1-18-13(15(20)21)12(8-16-18)17-14(19)11-7-10(11)9-5-3-2-4-6-9/h2-6,8,10-11H,7H2,1H3,(H,17,19)(H,20,21). The molecule has 1 aliphatic rings. The minimum atomic E-state index is -1.11. The average Bonchev–Trinajstić information content (AvgIpc) is 3.18. The lowest BCUT2D eigenvalue weighted by Gasteiger charge is -2.04. The summed E-state index contributed by atoms with van der Waals surface area (Å²) in [5, 5.41) is 15.7. The van der Waals surface area contributed by atoms with Crippen molar-refractivity contribution < 1.29 is 14.7 Å². The molecule has 1 heterocycles. The van der Waals surface area contributed by atoms with Crippen LogP contribution in [0.5, 0.6) is 0 Å². The zero-order valence-electron chi connectivity index (χ0n) is 11.5. The second-order valence-electron chi connectivity index (χ2n) is 5.18. The molecule has 0 aliphatic heterocycles. The minimum Gasteiger partial charge on any atom is -0.476 e. The van der Waals surface area contributed by atoms with Crippen molar-refractivity contribution in [3.63, 3.8) is 0 Å². The molecule has 2 aromatic rings. The maximum Gasteiger partial charge on any atom is 0.356 e. The molecule has 3 rings (SSSR count). The number of aromatic carboxylic acids is 1. The molecule has 1 amide bonds. The lowest BCUT2D eigenvalue weighted by atomic mass is 10.1. The van der Waals surface area contributed by atoms with Gasteiger partial charge in [0.05, 0.1) is 11.9 Å². The SMILES string of the molecule is Cn1ncc(NC(=O)C2CC2c2ccccc2)c1C(=O)O. The maximum absolute atomic E-state index is 12.2. The Morgan fingerprint density at radius 2 is 2.05 bits per heavy atom. The van der Waals surface area contributed by atoms with Crippen LogP contribution in [0.3, 0.4) is 0 Å². The largest absolute Gasteiger partial charge is 0.476 e. The van der Waals surface area contributed by atoms with Crippen molar-refractivity contribution in [1.29, 1.82) is 0 Å². The third kappa shape index (κ3) is 2.52.